The number of aromatic nitrogens is 2. The van der Waals surface area contributed by atoms with E-state index in [2.05, 4.69) is 10.4 Å². The third-order valence-corrected chi connectivity index (χ3v) is 4.56. The quantitative estimate of drug-likeness (QED) is 0.666. The van der Waals surface area contributed by atoms with Crippen LogP contribution in [0.25, 0.3) is 0 Å². The number of hydrogen-bond acceptors (Lipinski definition) is 4. The monoisotopic (exact) mass is 403 g/mol. The molecule has 0 spiro atoms. The molecule has 0 unspecified atom stereocenters. The minimum Gasteiger partial charge on any atom is -0.497 e. The van der Waals surface area contributed by atoms with Gasteiger partial charge in [-0.3, -0.25) is 9.48 Å². The van der Waals surface area contributed by atoms with Crippen molar-refractivity contribution in [2.24, 2.45) is 0 Å². The Labute approximate surface area is 166 Å². The van der Waals surface area contributed by atoms with Gasteiger partial charge in [0.15, 0.2) is 5.82 Å². The highest BCUT2D eigenvalue weighted by molar-refractivity contribution is 6.31. The number of amides is 1. The number of aryl methyl sites for hydroxylation is 1. The van der Waals surface area contributed by atoms with E-state index in [0.717, 1.165) is 5.69 Å². The smallest absolute Gasteiger partial charge is 0.257 e. The second kappa shape index (κ2) is 8.31. The van der Waals surface area contributed by atoms with Crippen LogP contribution in [-0.2, 0) is 6.54 Å². The number of benzene rings is 2. The average molecular weight is 404 g/mol. The molecule has 0 aliphatic carbocycles. The van der Waals surface area contributed by atoms with Crippen molar-refractivity contribution in [2.45, 2.75) is 13.5 Å². The van der Waals surface area contributed by atoms with Gasteiger partial charge in [0, 0.05) is 34.0 Å². The molecule has 0 aliphatic heterocycles. The number of rotatable bonds is 6. The number of anilines is 1. The maximum atomic E-state index is 14.0. The fourth-order valence-corrected chi connectivity index (χ4v) is 2.91. The molecule has 2 aromatic carbocycles. The Morgan fingerprint density at radius 1 is 1.18 bits per heavy atom. The van der Waals surface area contributed by atoms with E-state index in [1.54, 1.807) is 41.1 Å². The van der Waals surface area contributed by atoms with Gasteiger partial charge in [-0.2, -0.15) is 5.10 Å². The summed E-state index contributed by atoms with van der Waals surface area (Å²) >= 11 is 6.09. The van der Waals surface area contributed by atoms with Crippen LogP contribution in [0.15, 0.2) is 42.5 Å². The topological polar surface area (TPSA) is 65.4 Å². The lowest BCUT2D eigenvalue weighted by Crippen LogP contribution is -2.13. The third-order valence-electron chi connectivity index (χ3n) is 4.21. The van der Waals surface area contributed by atoms with E-state index >= 15 is 0 Å². The van der Waals surface area contributed by atoms with Crippen LogP contribution in [0.5, 0.6) is 11.5 Å². The summed E-state index contributed by atoms with van der Waals surface area (Å²) in [5.74, 6) is 0.569. The van der Waals surface area contributed by atoms with Crippen LogP contribution in [0.2, 0.25) is 5.02 Å². The Kier molecular flexibility index (Phi) is 5.84. The number of nitrogens with zero attached hydrogens (tertiary/aromatic N) is 2. The predicted molar refractivity (Wildman–Crippen MR) is 105 cm³/mol. The Hall–Kier alpha value is -3.06. The summed E-state index contributed by atoms with van der Waals surface area (Å²) in [6.45, 7) is 1.96. The molecule has 0 radical (unpaired) electrons. The Morgan fingerprint density at radius 2 is 1.86 bits per heavy atom. The minimum absolute atomic E-state index is 0.153. The van der Waals surface area contributed by atoms with Crippen LogP contribution < -0.4 is 14.8 Å². The molecular formula is C20H19ClFN3O3. The molecule has 146 valence electrons. The third kappa shape index (κ3) is 4.26. The summed E-state index contributed by atoms with van der Waals surface area (Å²) in [6.07, 6.45) is 0. The SMILES string of the molecule is COc1cc(OC)cc(C(=O)Nc2cc(C)n(Cc3c(F)cccc3Cl)n2)c1. The molecule has 0 saturated carbocycles. The van der Waals surface area contributed by atoms with Gasteiger partial charge in [0.1, 0.15) is 17.3 Å². The molecule has 1 N–H and O–H groups in total. The van der Waals surface area contributed by atoms with Gasteiger partial charge < -0.3 is 14.8 Å². The molecule has 1 aromatic heterocycles. The highest BCUT2D eigenvalue weighted by Crippen LogP contribution is 2.24. The number of ether oxygens (including phenoxy) is 2. The van der Waals surface area contributed by atoms with Crippen LogP contribution in [0, 0.1) is 12.7 Å². The number of nitrogens with one attached hydrogen (secondary N) is 1. The van der Waals surface area contributed by atoms with E-state index in [1.807, 2.05) is 6.92 Å². The molecule has 0 atom stereocenters. The molecule has 0 aliphatic rings. The summed E-state index contributed by atoms with van der Waals surface area (Å²) in [4.78, 5) is 12.6. The summed E-state index contributed by atoms with van der Waals surface area (Å²) < 4.78 is 26.0. The van der Waals surface area contributed by atoms with E-state index in [0.29, 0.717) is 33.5 Å². The molecule has 0 bridgehead atoms. The van der Waals surface area contributed by atoms with Crippen LogP contribution >= 0.6 is 11.6 Å². The predicted octanol–water partition coefficient (Wildman–Crippen LogP) is 4.30. The lowest BCUT2D eigenvalue weighted by atomic mass is 10.2. The molecule has 1 amide bonds. The first-order chi connectivity index (χ1) is 13.4. The van der Waals surface area contributed by atoms with Crippen molar-refractivity contribution in [3.05, 3.63) is 70.1 Å². The Balaban J connectivity index is 1.81. The zero-order valence-corrected chi connectivity index (χ0v) is 16.4. The van der Waals surface area contributed by atoms with Crippen LogP contribution in [0.4, 0.5) is 10.2 Å². The molecule has 6 nitrogen and oxygen atoms in total. The number of hydrogen-bond donors (Lipinski definition) is 1. The first kappa shape index (κ1) is 19.7. The molecule has 3 rings (SSSR count). The lowest BCUT2D eigenvalue weighted by molar-refractivity contribution is 0.102. The average Bonchev–Trinajstić information content (AvgIpc) is 3.03. The minimum atomic E-state index is -0.406. The Bertz CT molecular complexity index is 977. The molecule has 3 aromatic rings. The number of methoxy groups -OCH3 is 2. The van der Waals surface area contributed by atoms with E-state index in [4.69, 9.17) is 21.1 Å². The number of carbonyl (C=O) groups is 1. The van der Waals surface area contributed by atoms with E-state index < -0.39 is 5.82 Å². The normalized spacial score (nSPS) is 10.6. The molecule has 28 heavy (non-hydrogen) atoms. The molecule has 8 heteroatoms. The molecule has 0 saturated heterocycles. The van der Waals surface area contributed by atoms with Crippen molar-refractivity contribution in [2.75, 3.05) is 19.5 Å². The summed E-state index contributed by atoms with van der Waals surface area (Å²) in [5, 5.41) is 7.39. The zero-order chi connectivity index (χ0) is 20.3. The van der Waals surface area contributed by atoms with Gasteiger partial charge in [0.25, 0.3) is 5.91 Å². The van der Waals surface area contributed by atoms with Gasteiger partial charge in [0.2, 0.25) is 0 Å². The van der Waals surface area contributed by atoms with Crippen molar-refractivity contribution in [3.8, 4) is 11.5 Å². The highest BCUT2D eigenvalue weighted by atomic mass is 35.5. The molecule has 0 fully saturated rings. The first-order valence-electron chi connectivity index (χ1n) is 8.43. The second-order valence-corrected chi connectivity index (χ2v) is 6.49. The summed E-state index contributed by atoms with van der Waals surface area (Å²) in [7, 11) is 3.02. The Morgan fingerprint density at radius 3 is 2.46 bits per heavy atom. The van der Waals surface area contributed by atoms with Crippen molar-refractivity contribution in [1.29, 1.82) is 0 Å². The zero-order valence-electron chi connectivity index (χ0n) is 15.6. The van der Waals surface area contributed by atoms with Gasteiger partial charge >= 0.3 is 0 Å². The summed E-state index contributed by atoms with van der Waals surface area (Å²) in [6, 6.07) is 11.1. The van der Waals surface area contributed by atoms with Crippen molar-refractivity contribution >= 4 is 23.3 Å². The second-order valence-electron chi connectivity index (χ2n) is 6.08. The first-order valence-corrected chi connectivity index (χ1v) is 8.81. The van der Waals surface area contributed by atoms with Gasteiger partial charge in [-0.1, -0.05) is 17.7 Å². The number of carbonyl (C=O) groups excluding carboxylic acids is 1. The van der Waals surface area contributed by atoms with Crippen LogP contribution in [0.3, 0.4) is 0 Å². The van der Waals surface area contributed by atoms with Gasteiger partial charge in [-0.15, -0.1) is 0 Å². The molecule has 1 heterocycles. The fraction of sp³-hybridized carbons (Fsp3) is 0.200. The van der Waals surface area contributed by atoms with Crippen molar-refractivity contribution in [3.63, 3.8) is 0 Å². The highest BCUT2D eigenvalue weighted by Gasteiger charge is 2.14. The van der Waals surface area contributed by atoms with Crippen LogP contribution in [0.1, 0.15) is 21.6 Å². The van der Waals surface area contributed by atoms with E-state index in [1.165, 1.54) is 20.3 Å². The van der Waals surface area contributed by atoms with Crippen molar-refractivity contribution in [1.82, 2.24) is 9.78 Å². The maximum Gasteiger partial charge on any atom is 0.257 e. The maximum absolute atomic E-state index is 14.0. The van der Waals surface area contributed by atoms with Crippen molar-refractivity contribution < 1.29 is 18.7 Å². The van der Waals surface area contributed by atoms with Gasteiger partial charge in [-0.25, -0.2) is 4.39 Å². The van der Waals surface area contributed by atoms with E-state index in [9.17, 15) is 9.18 Å². The summed E-state index contributed by atoms with van der Waals surface area (Å²) in [5.41, 5.74) is 1.45. The molecular weight excluding hydrogens is 385 g/mol. The number of halogens is 2. The van der Waals surface area contributed by atoms with Crippen LogP contribution in [-0.4, -0.2) is 29.9 Å². The van der Waals surface area contributed by atoms with E-state index in [-0.39, 0.29) is 12.5 Å². The van der Waals surface area contributed by atoms with Gasteiger partial charge in [0.05, 0.1) is 20.8 Å². The lowest BCUT2D eigenvalue weighted by Gasteiger charge is -2.09. The largest absolute Gasteiger partial charge is 0.497 e. The fourth-order valence-electron chi connectivity index (χ4n) is 2.69. The standard InChI is InChI=1S/C20H19ClFN3O3/c1-12-7-19(24-25(12)11-16-17(21)5-4-6-18(16)22)23-20(26)13-8-14(27-2)10-15(9-13)28-3/h4-10H,11H2,1-3H3,(H,23,24,26). The van der Waals surface area contributed by atoms with Gasteiger partial charge in [-0.05, 0) is 31.2 Å².